The van der Waals surface area contributed by atoms with E-state index in [2.05, 4.69) is 10.1 Å². The van der Waals surface area contributed by atoms with Crippen LogP contribution in [0.15, 0.2) is 24.3 Å². The number of benzene rings is 1. The van der Waals surface area contributed by atoms with Crippen LogP contribution in [0.3, 0.4) is 0 Å². The predicted molar refractivity (Wildman–Crippen MR) is 73.3 cm³/mol. The van der Waals surface area contributed by atoms with Gasteiger partial charge in [0, 0.05) is 17.6 Å². The van der Waals surface area contributed by atoms with Crippen molar-refractivity contribution < 1.29 is 14.3 Å². The fraction of sp³-hybridized carbons (Fsp3) is 0.500. The maximum atomic E-state index is 11.1. The number of ether oxygens (including phenoxy) is 2. The highest BCUT2D eigenvalue weighted by Crippen LogP contribution is 2.13. The van der Waals surface area contributed by atoms with Gasteiger partial charge in [0.25, 0.3) is 0 Å². The monoisotopic (exact) mass is 283 g/mol. The van der Waals surface area contributed by atoms with E-state index >= 15 is 0 Å². The highest BCUT2D eigenvalue weighted by molar-refractivity contribution is 6.30. The van der Waals surface area contributed by atoms with E-state index in [1.54, 1.807) is 0 Å². The first-order valence-electron chi connectivity index (χ1n) is 6.33. The van der Waals surface area contributed by atoms with Gasteiger partial charge >= 0.3 is 5.97 Å². The molecule has 0 aliphatic carbocycles. The molecule has 2 unspecified atom stereocenters. The van der Waals surface area contributed by atoms with E-state index in [1.807, 2.05) is 24.3 Å². The number of rotatable bonds is 4. The van der Waals surface area contributed by atoms with Crippen LogP contribution in [0, 0.1) is 0 Å². The number of esters is 1. The Bertz CT molecular complexity index is 413. The van der Waals surface area contributed by atoms with Gasteiger partial charge in [0.05, 0.1) is 26.2 Å². The molecule has 1 fully saturated rings. The molecule has 1 aromatic carbocycles. The Morgan fingerprint density at radius 2 is 2.21 bits per heavy atom. The summed E-state index contributed by atoms with van der Waals surface area (Å²) < 4.78 is 10.3. The summed E-state index contributed by atoms with van der Waals surface area (Å²) in [6.45, 7) is 1.28. The number of carbonyl (C=O) groups is 1. The van der Waals surface area contributed by atoms with Gasteiger partial charge in [-0.3, -0.25) is 4.79 Å². The van der Waals surface area contributed by atoms with Gasteiger partial charge in [-0.1, -0.05) is 23.7 Å². The van der Waals surface area contributed by atoms with Gasteiger partial charge in [-0.2, -0.15) is 0 Å². The second-order valence-corrected chi connectivity index (χ2v) is 5.11. The van der Waals surface area contributed by atoms with Gasteiger partial charge < -0.3 is 14.8 Å². The maximum absolute atomic E-state index is 11.1. The number of nitrogens with one attached hydrogen (secondary N) is 1. The largest absolute Gasteiger partial charge is 0.469 e. The van der Waals surface area contributed by atoms with Crippen LogP contribution in [0.25, 0.3) is 0 Å². The Balaban J connectivity index is 1.77. The lowest BCUT2D eigenvalue weighted by Crippen LogP contribution is -2.48. The zero-order chi connectivity index (χ0) is 13.7. The van der Waals surface area contributed by atoms with Crippen molar-refractivity contribution >= 4 is 17.6 Å². The summed E-state index contributed by atoms with van der Waals surface area (Å²) in [7, 11) is 1.39. The molecule has 1 aliphatic heterocycles. The number of carbonyl (C=O) groups excluding carboxylic acids is 1. The summed E-state index contributed by atoms with van der Waals surface area (Å²) in [5.74, 6) is -0.233. The Labute approximate surface area is 118 Å². The van der Waals surface area contributed by atoms with E-state index in [0.29, 0.717) is 19.6 Å². The van der Waals surface area contributed by atoms with Gasteiger partial charge in [-0.25, -0.2) is 0 Å². The molecule has 104 valence electrons. The van der Waals surface area contributed by atoms with E-state index in [9.17, 15) is 4.79 Å². The van der Waals surface area contributed by atoms with Crippen LogP contribution < -0.4 is 5.32 Å². The molecule has 0 aromatic heterocycles. The van der Waals surface area contributed by atoms with Gasteiger partial charge in [-0.05, 0) is 24.1 Å². The smallest absolute Gasteiger partial charge is 0.308 e. The zero-order valence-electron chi connectivity index (χ0n) is 10.9. The molecule has 1 aromatic rings. The number of methoxy groups -OCH3 is 1. The summed E-state index contributed by atoms with van der Waals surface area (Å²) in [6, 6.07) is 8.09. The third-order valence-electron chi connectivity index (χ3n) is 3.18. The van der Waals surface area contributed by atoms with Crippen molar-refractivity contribution in [3.63, 3.8) is 0 Å². The molecular formula is C14H18ClNO3. The maximum Gasteiger partial charge on any atom is 0.308 e. The molecule has 1 heterocycles. The van der Waals surface area contributed by atoms with Crippen molar-refractivity contribution in [3.05, 3.63) is 34.9 Å². The molecule has 0 spiro atoms. The molecule has 0 radical (unpaired) electrons. The molecule has 5 heteroatoms. The van der Waals surface area contributed by atoms with Crippen LogP contribution >= 0.6 is 11.6 Å². The fourth-order valence-electron chi connectivity index (χ4n) is 2.10. The summed E-state index contributed by atoms with van der Waals surface area (Å²) in [6.07, 6.45) is 1.10. The highest BCUT2D eigenvalue weighted by atomic mass is 35.5. The first kappa shape index (κ1) is 14.3. The molecule has 1 N–H and O–H groups in total. The first-order valence-corrected chi connectivity index (χ1v) is 6.71. The first-order chi connectivity index (χ1) is 9.17. The zero-order valence-corrected chi connectivity index (χ0v) is 11.7. The third kappa shape index (κ3) is 4.49. The fourth-order valence-corrected chi connectivity index (χ4v) is 2.23. The highest BCUT2D eigenvalue weighted by Gasteiger charge is 2.23. The van der Waals surface area contributed by atoms with E-state index in [4.69, 9.17) is 16.3 Å². The van der Waals surface area contributed by atoms with E-state index in [-0.39, 0.29) is 18.1 Å². The average Bonchev–Trinajstić information content (AvgIpc) is 2.43. The van der Waals surface area contributed by atoms with Crippen LogP contribution in [0.5, 0.6) is 0 Å². The number of hydrogen-bond acceptors (Lipinski definition) is 4. The van der Waals surface area contributed by atoms with Crippen molar-refractivity contribution in [1.29, 1.82) is 0 Å². The standard InChI is InChI=1S/C14H18ClNO3/c1-18-14(17)7-13-8-16-12(9-19-13)6-10-2-4-11(15)5-3-10/h2-5,12-13,16H,6-9H2,1H3. The van der Waals surface area contributed by atoms with Crippen LogP contribution in [0.4, 0.5) is 0 Å². The lowest BCUT2D eigenvalue weighted by atomic mass is 10.0. The van der Waals surface area contributed by atoms with E-state index < -0.39 is 0 Å². The van der Waals surface area contributed by atoms with Crippen molar-refractivity contribution in [3.8, 4) is 0 Å². The van der Waals surface area contributed by atoms with Gasteiger partial charge in [0.2, 0.25) is 0 Å². The van der Waals surface area contributed by atoms with E-state index in [1.165, 1.54) is 12.7 Å². The summed E-state index contributed by atoms with van der Waals surface area (Å²) >= 11 is 5.85. The topological polar surface area (TPSA) is 47.6 Å². The molecule has 0 amide bonds. The van der Waals surface area contributed by atoms with Gasteiger partial charge in [0.15, 0.2) is 0 Å². The summed E-state index contributed by atoms with van der Waals surface area (Å²) in [5, 5.41) is 4.14. The second-order valence-electron chi connectivity index (χ2n) is 4.67. The third-order valence-corrected chi connectivity index (χ3v) is 3.44. The van der Waals surface area contributed by atoms with Crippen LogP contribution in [-0.4, -0.2) is 38.4 Å². The summed E-state index contributed by atoms with van der Waals surface area (Å²) in [5.41, 5.74) is 1.22. The molecule has 1 saturated heterocycles. The summed E-state index contributed by atoms with van der Waals surface area (Å²) in [4.78, 5) is 11.1. The average molecular weight is 284 g/mol. The van der Waals surface area contributed by atoms with Crippen LogP contribution in [0.2, 0.25) is 5.02 Å². The Hall–Kier alpha value is -1.10. The lowest BCUT2D eigenvalue weighted by Gasteiger charge is -2.30. The van der Waals surface area contributed by atoms with Crippen molar-refractivity contribution in [1.82, 2.24) is 5.32 Å². The van der Waals surface area contributed by atoms with Crippen molar-refractivity contribution in [2.45, 2.75) is 25.0 Å². The lowest BCUT2D eigenvalue weighted by molar-refractivity contribution is -0.144. The normalized spacial score (nSPS) is 23.1. The van der Waals surface area contributed by atoms with Crippen LogP contribution in [-0.2, 0) is 20.7 Å². The minimum Gasteiger partial charge on any atom is -0.469 e. The molecule has 4 nitrogen and oxygen atoms in total. The molecule has 0 bridgehead atoms. The Morgan fingerprint density at radius 3 is 2.79 bits per heavy atom. The second kappa shape index (κ2) is 6.89. The molecule has 2 rings (SSSR count). The Morgan fingerprint density at radius 1 is 1.47 bits per heavy atom. The number of hydrogen-bond donors (Lipinski definition) is 1. The van der Waals surface area contributed by atoms with Crippen LogP contribution in [0.1, 0.15) is 12.0 Å². The van der Waals surface area contributed by atoms with Crippen molar-refractivity contribution in [2.75, 3.05) is 20.3 Å². The molecule has 19 heavy (non-hydrogen) atoms. The van der Waals surface area contributed by atoms with Gasteiger partial charge in [0.1, 0.15) is 0 Å². The molecule has 1 aliphatic rings. The Kier molecular flexibility index (Phi) is 5.19. The van der Waals surface area contributed by atoms with Gasteiger partial charge in [-0.15, -0.1) is 0 Å². The molecule has 2 atom stereocenters. The number of halogens is 1. The molecule has 0 saturated carbocycles. The SMILES string of the molecule is COC(=O)CC1CNC(Cc2ccc(Cl)cc2)CO1. The predicted octanol–water partition coefficient (Wildman–Crippen LogP) is 1.80. The van der Waals surface area contributed by atoms with E-state index in [0.717, 1.165) is 11.4 Å². The van der Waals surface area contributed by atoms with Crippen molar-refractivity contribution in [2.24, 2.45) is 0 Å². The number of morpholine rings is 1. The molecular weight excluding hydrogens is 266 g/mol. The minimum atomic E-state index is -0.233. The minimum absolute atomic E-state index is 0.0890. The quantitative estimate of drug-likeness (QED) is 0.856.